The van der Waals surface area contributed by atoms with Crippen molar-refractivity contribution in [3.63, 3.8) is 0 Å². The second-order valence-electron chi connectivity index (χ2n) is 4.60. The molecule has 0 saturated carbocycles. The molecule has 0 saturated heterocycles. The van der Waals surface area contributed by atoms with E-state index in [9.17, 15) is 0 Å². The van der Waals surface area contributed by atoms with Crippen LogP contribution in [0.2, 0.25) is 0 Å². The quantitative estimate of drug-likeness (QED) is 0.819. The lowest BCUT2D eigenvalue weighted by Gasteiger charge is -2.18. The number of fused-ring (bicyclic) bond motifs is 1. The summed E-state index contributed by atoms with van der Waals surface area (Å²) in [5.74, 6) is 1.54. The van der Waals surface area contributed by atoms with Gasteiger partial charge in [-0.15, -0.1) is 0 Å². The van der Waals surface area contributed by atoms with Crippen LogP contribution in [-0.4, -0.2) is 26.5 Å². The van der Waals surface area contributed by atoms with Crippen molar-refractivity contribution in [2.75, 3.05) is 20.8 Å². The van der Waals surface area contributed by atoms with E-state index in [4.69, 9.17) is 9.47 Å². The summed E-state index contributed by atoms with van der Waals surface area (Å²) in [6, 6.07) is 4.08. The molecule has 0 radical (unpaired) electrons. The van der Waals surface area contributed by atoms with Crippen molar-refractivity contribution in [2.45, 2.75) is 20.3 Å². The van der Waals surface area contributed by atoms with Crippen LogP contribution in [0.15, 0.2) is 28.8 Å². The van der Waals surface area contributed by atoms with E-state index in [-0.39, 0.29) is 0 Å². The van der Waals surface area contributed by atoms with Gasteiger partial charge in [-0.25, -0.2) is 0 Å². The second kappa shape index (κ2) is 5.25. The van der Waals surface area contributed by atoms with E-state index >= 15 is 0 Å². The van der Waals surface area contributed by atoms with Gasteiger partial charge >= 0.3 is 0 Å². The van der Waals surface area contributed by atoms with E-state index in [0.29, 0.717) is 0 Å². The topological polar surface area (TPSA) is 30.8 Å². The minimum atomic E-state index is 0.757. The number of allylic oxidation sites excluding steroid dienone is 2. The maximum Gasteiger partial charge on any atom is 0.161 e. The molecule has 1 aliphatic heterocycles. The maximum atomic E-state index is 5.35. The maximum absolute atomic E-state index is 5.35. The van der Waals surface area contributed by atoms with Gasteiger partial charge in [0.2, 0.25) is 0 Å². The van der Waals surface area contributed by atoms with Gasteiger partial charge in [-0.05, 0) is 44.0 Å². The van der Waals surface area contributed by atoms with Crippen molar-refractivity contribution in [1.82, 2.24) is 0 Å². The fourth-order valence-electron chi connectivity index (χ4n) is 2.15. The molecule has 3 heteroatoms. The van der Waals surface area contributed by atoms with Crippen LogP contribution < -0.4 is 9.47 Å². The summed E-state index contributed by atoms with van der Waals surface area (Å²) in [7, 11) is 3.32. The van der Waals surface area contributed by atoms with Gasteiger partial charge in [0.25, 0.3) is 0 Å². The summed E-state index contributed by atoms with van der Waals surface area (Å²) in [5.41, 5.74) is 4.71. The van der Waals surface area contributed by atoms with Crippen molar-refractivity contribution >= 4 is 5.71 Å². The molecule has 0 atom stereocenters. The highest BCUT2D eigenvalue weighted by molar-refractivity contribution is 6.11. The molecule has 1 aromatic rings. The largest absolute Gasteiger partial charge is 0.493 e. The van der Waals surface area contributed by atoms with Crippen molar-refractivity contribution in [3.05, 3.63) is 34.9 Å². The zero-order chi connectivity index (χ0) is 13.1. The molecular weight excluding hydrogens is 226 g/mol. The Bertz CT molecular complexity index is 511. The van der Waals surface area contributed by atoms with Crippen LogP contribution in [0.1, 0.15) is 25.0 Å². The van der Waals surface area contributed by atoms with Gasteiger partial charge in [-0.1, -0.05) is 5.57 Å². The first-order valence-corrected chi connectivity index (χ1v) is 6.10. The molecule has 0 amide bonds. The minimum Gasteiger partial charge on any atom is -0.493 e. The molecule has 0 fully saturated rings. The Balaban J connectivity index is 2.53. The number of rotatable bonds is 3. The number of hydrogen-bond donors (Lipinski definition) is 0. The van der Waals surface area contributed by atoms with Crippen LogP contribution in [-0.2, 0) is 6.42 Å². The van der Waals surface area contributed by atoms with E-state index in [1.807, 2.05) is 6.07 Å². The standard InChI is InChI=1S/C15H19NO2/c1-10(2)7-13-12-9-15(18-4)14(17-3)8-11(12)5-6-16-13/h7-9H,5-6H2,1-4H3. The van der Waals surface area contributed by atoms with Gasteiger partial charge < -0.3 is 9.47 Å². The van der Waals surface area contributed by atoms with Crippen LogP contribution >= 0.6 is 0 Å². The molecule has 3 nitrogen and oxygen atoms in total. The number of nitrogens with zero attached hydrogens (tertiary/aromatic N) is 1. The van der Waals surface area contributed by atoms with Crippen molar-refractivity contribution in [1.29, 1.82) is 0 Å². The Labute approximate surface area is 108 Å². The number of ether oxygens (including phenoxy) is 2. The predicted octanol–water partition coefficient (Wildman–Crippen LogP) is 3.02. The lowest BCUT2D eigenvalue weighted by Crippen LogP contribution is -2.12. The van der Waals surface area contributed by atoms with E-state index in [1.165, 1.54) is 11.1 Å². The average Bonchev–Trinajstić information content (AvgIpc) is 2.37. The fourth-order valence-corrected chi connectivity index (χ4v) is 2.15. The highest BCUT2D eigenvalue weighted by Crippen LogP contribution is 2.32. The first-order chi connectivity index (χ1) is 8.65. The summed E-state index contributed by atoms with van der Waals surface area (Å²) in [6.07, 6.45) is 3.07. The van der Waals surface area contributed by atoms with Crippen molar-refractivity contribution in [3.8, 4) is 11.5 Å². The molecule has 0 aromatic heterocycles. The van der Waals surface area contributed by atoms with Crippen LogP contribution in [0.5, 0.6) is 11.5 Å². The Kier molecular flexibility index (Phi) is 3.70. The van der Waals surface area contributed by atoms with E-state index < -0.39 is 0 Å². The molecule has 96 valence electrons. The molecule has 0 bridgehead atoms. The molecule has 0 N–H and O–H groups in total. The van der Waals surface area contributed by atoms with E-state index in [0.717, 1.165) is 35.7 Å². The predicted molar refractivity (Wildman–Crippen MR) is 74.1 cm³/mol. The Morgan fingerprint density at radius 1 is 1.17 bits per heavy atom. The summed E-state index contributed by atoms with van der Waals surface area (Å²) in [5, 5.41) is 0. The molecule has 1 heterocycles. The van der Waals surface area contributed by atoms with Gasteiger partial charge in [-0.2, -0.15) is 0 Å². The molecule has 2 rings (SSSR count). The molecule has 0 unspecified atom stereocenters. The Morgan fingerprint density at radius 3 is 2.44 bits per heavy atom. The summed E-state index contributed by atoms with van der Waals surface area (Å²) in [4.78, 5) is 4.59. The van der Waals surface area contributed by atoms with Gasteiger partial charge in [0.05, 0.1) is 19.9 Å². The van der Waals surface area contributed by atoms with E-state index in [2.05, 4.69) is 31.0 Å². The third kappa shape index (κ3) is 2.40. The molecule has 0 aliphatic carbocycles. The number of hydrogen-bond acceptors (Lipinski definition) is 3. The molecular formula is C15H19NO2. The van der Waals surface area contributed by atoms with Crippen molar-refractivity contribution in [2.24, 2.45) is 4.99 Å². The second-order valence-corrected chi connectivity index (χ2v) is 4.60. The van der Waals surface area contributed by atoms with E-state index in [1.54, 1.807) is 14.2 Å². The zero-order valence-corrected chi connectivity index (χ0v) is 11.4. The minimum absolute atomic E-state index is 0.757. The lowest BCUT2D eigenvalue weighted by molar-refractivity contribution is 0.354. The van der Waals surface area contributed by atoms with Crippen LogP contribution in [0.4, 0.5) is 0 Å². The average molecular weight is 245 g/mol. The van der Waals surface area contributed by atoms with Crippen LogP contribution in [0.3, 0.4) is 0 Å². The fraction of sp³-hybridized carbons (Fsp3) is 0.400. The van der Waals surface area contributed by atoms with Gasteiger partial charge in [0.1, 0.15) is 0 Å². The lowest BCUT2D eigenvalue weighted by atomic mass is 9.95. The summed E-state index contributed by atoms with van der Waals surface area (Å²) >= 11 is 0. The summed E-state index contributed by atoms with van der Waals surface area (Å²) in [6.45, 7) is 5.00. The Morgan fingerprint density at radius 2 is 1.83 bits per heavy atom. The number of methoxy groups -OCH3 is 2. The molecule has 1 aromatic carbocycles. The van der Waals surface area contributed by atoms with Crippen LogP contribution in [0.25, 0.3) is 0 Å². The highest BCUT2D eigenvalue weighted by atomic mass is 16.5. The van der Waals surface area contributed by atoms with Gasteiger partial charge in [0.15, 0.2) is 11.5 Å². The molecule has 18 heavy (non-hydrogen) atoms. The molecule has 0 spiro atoms. The smallest absolute Gasteiger partial charge is 0.161 e. The monoisotopic (exact) mass is 245 g/mol. The zero-order valence-electron chi connectivity index (χ0n) is 11.4. The third-order valence-electron chi connectivity index (χ3n) is 2.97. The third-order valence-corrected chi connectivity index (χ3v) is 2.97. The van der Waals surface area contributed by atoms with Crippen molar-refractivity contribution < 1.29 is 9.47 Å². The highest BCUT2D eigenvalue weighted by Gasteiger charge is 2.16. The van der Waals surface area contributed by atoms with Crippen LogP contribution in [0, 0.1) is 0 Å². The molecule has 1 aliphatic rings. The summed E-state index contributed by atoms with van der Waals surface area (Å²) < 4.78 is 10.7. The Hall–Kier alpha value is -1.77. The number of aliphatic imine (C=N–C) groups is 1. The SMILES string of the molecule is COc1cc2c(cc1OC)C(C=C(C)C)=NCC2. The number of benzene rings is 1. The first-order valence-electron chi connectivity index (χ1n) is 6.10. The normalized spacial score (nSPS) is 13.4. The van der Waals surface area contributed by atoms with Gasteiger partial charge in [-0.3, -0.25) is 4.99 Å². The van der Waals surface area contributed by atoms with Gasteiger partial charge in [0, 0.05) is 12.1 Å². The first kappa shape index (κ1) is 12.7.